The number of nitrogens with zero attached hydrogens (tertiary/aromatic N) is 2. The Hall–Kier alpha value is -0.0800. The normalized spacial score (nSPS) is 54.9. The first-order chi connectivity index (χ1) is 8.79. The number of rotatable bonds is 2. The van der Waals surface area contributed by atoms with Crippen molar-refractivity contribution in [3.8, 4) is 0 Å². The Bertz CT molecular complexity index is 346. The quantitative estimate of drug-likeness (QED) is 0.623. The zero-order valence-electron chi connectivity index (χ0n) is 15.5. The topological polar surface area (TPSA) is 6.48 Å². The molecule has 0 bridgehead atoms. The number of hydrogen-bond donors (Lipinski definition) is 0. The third-order valence-corrected chi connectivity index (χ3v) is 2.01. The summed E-state index contributed by atoms with van der Waals surface area (Å²) in [6.45, 7) is -7.39. The molecule has 1 aliphatic carbocycles. The molecule has 2 rings (SSSR count). The Morgan fingerprint density at radius 3 is 2.17 bits per heavy atom. The minimum absolute atomic E-state index is 0.445. The predicted molar refractivity (Wildman–Crippen MR) is 51.3 cm³/mol. The predicted octanol–water partition coefficient (Wildman–Crippen LogP) is 1.17. The summed E-state index contributed by atoms with van der Waals surface area (Å²) in [6, 6.07) is -1.12. The van der Waals surface area contributed by atoms with Gasteiger partial charge in [-0.05, 0) is 26.7 Å². The molecule has 0 spiro atoms. The summed E-state index contributed by atoms with van der Waals surface area (Å²) >= 11 is 0. The first-order valence-corrected chi connectivity index (χ1v) is 4.38. The van der Waals surface area contributed by atoms with Crippen LogP contribution in [0, 0.1) is 0 Å². The second-order valence-electron chi connectivity index (χ2n) is 3.51. The zero-order chi connectivity index (χ0) is 15.7. The van der Waals surface area contributed by atoms with Crippen LogP contribution in [-0.4, -0.2) is 47.9 Å². The van der Waals surface area contributed by atoms with Crippen LogP contribution in [0.1, 0.15) is 37.7 Å². The molecule has 2 nitrogen and oxygen atoms in total. The van der Waals surface area contributed by atoms with Gasteiger partial charge in [0.15, 0.2) is 0 Å². The van der Waals surface area contributed by atoms with E-state index in [4.69, 9.17) is 11.0 Å². The lowest BCUT2D eigenvalue weighted by atomic mass is 10.2. The van der Waals surface area contributed by atoms with Crippen LogP contribution in [0.3, 0.4) is 0 Å². The Balaban J connectivity index is 2.61. The molecule has 0 amide bonds. The van der Waals surface area contributed by atoms with E-state index in [1.165, 1.54) is 13.8 Å². The van der Waals surface area contributed by atoms with Crippen molar-refractivity contribution in [1.29, 1.82) is 0 Å². The molecule has 70 valence electrons. The van der Waals surface area contributed by atoms with Gasteiger partial charge >= 0.3 is 0 Å². The van der Waals surface area contributed by atoms with Crippen LogP contribution in [-0.2, 0) is 0 Å². The van der Waals surface area contributed by atoms with Gasteiger partial charge in [-0.2, -0.15) is 0 Å². The fourth-order valence-electron chi connectivity index (χ4n) is 1.04. The Morgan fingerprint density at radius 1 is 1.17 bits per heavy atom. The summed E-state index contributed by atoms with van der Waals surface area (Å²) in [5.41, 5.74) is 0. The molecule has 2 aliphatic rings. The lowest BCUT2D eigenvalue weighted by Crippen LogP contribution is -2.49. The van der Waals surface area contributed by atoms with Gasteiger partial charge in [-0.15, -0.1) is 0 Å². The van der Waals surface area contributed by atoms with Crippen LogP contribution in [0.2, 0.25) is 0 Å². The first-order valence-electron chi connectivity index (χ1n) is 8.38. The molecule has 12 heavy (non-hydrogen) atoms. The van der Waals surface area contributed by atoms with E-state index >= 15 is 0 Å². The maximum atomic E-state index is 8.08. The van der Waals surface area contributed by atoms with Crippen LogP contribution >= 0.6 is 0 Å². The fourth-order valence-corrected chi connectivity index (χ4v) is 1.04. The minimum atomic E-state index is -2.63. The van der Waals surface area contributed by atoms with E-state index in [-0.39, 0.29) is 0 Å². The maximum absolute atomic E-state index is 8.08. The molecule has 2 fully saturated rings. The molecule has 0 unspecified atom stereocenters. The molecule has 0 N–H and O–H groups in total. The summed E-state index contributed by atoms with van der Waals surface area (Å²) in [5.74, 6) is 0. The summed E-state index contributed by atoms with van der Waals surface area (Å²) in [6.07, 6.45) is 1.12. The minimum Gasteiger partial charge on any atom is -0.298 e. The number of piperazine rings is 1. The van der Waals surface area contributed by atoms with Crippen molar-refractivity contribution >= 4 is 0 Å². The van der Waals surface area contributed by atoms with Gasteiger partial charge in [-0.1, -0.05) is 0 Å². The maximum Gasteiger partial charge on any atom is 0.0444 e. The van der Waals surface area contributed by atoms with Crippen molar-refractivity contribution in [1.82, 2.24) is 9.80 Å². The highest BCUT2D eigenvalue weighted by atomic mass is 15.3. The molecule has 1 saturated carbocycles. The van der Waals surface area contributed by atoms with Crippen LogP contribution in [0.5, 0.6) is 0 Å². The Morgan fingerprint density at radius 2 is 1.75 bits per heavy atom. The molecule has 0 aromatic carbocycles. The Kier molecular flexibility index (Phi) is 0.906. The van der Waals surface area contributed by atoms with Gasteiger partial charge in [0.1, 0.15) is 0 Å². The second-order valence-corrected chi connectivity index (χ2v) is 3.51. The van der Waals surface area contributed by atoms with Gasteiger partial charge in [0.05, 0.1) is 0 Å². The summed E-state index contributed by atoms with van der Waals surface area (Å²) in [7, 11) is 0. The SMILES string of the molecule is [2H]C1([2H])N(C(C)C)C([2H])([2H])C([2H])([2H])N(C2CC2)C1([2H])[2H]. The molecule has 1 saturated heterocycles. The zero-order valence-corrected chi connectivity index (χ0v) is 7.46. The largest absolute Gasteiger partial charge is 0.298 e. The van der Waals surface area contributed by atoms with E-state index in [1.807, 2.05) is 0 Å². The molecular weight excluding hydrogens is 148 g/mol. The molecule has 0 atom stereocenters. The van der Waals surface area contributed by atoms with Crippen LogP contribution in [0.15, 0.2) is 0 Å². The molecule has 2 heteroatoms. The van der Waals surface area contributed by atoms with E-state index in [0.29, 0.717) is 17.7 Å². The first kappa shape index (κ1) is 3.25. The summed E-state index contributed by atoms with van der Waals surface area (Å²) in [5, 5.41) is 0. The van der Waals surface area contributed by atoms with E-state index in [1.54, 1.807) is 0 Å². The van der Waals surface area contributed by atoms with Crippen molar-refractivity contribution in [2.45, 2.75) is 38.8 Å². The highest BCUT2D eigenvalue weighted by Crippen LogP contribution is 2.27. The number of hydrogen-bond acceptors (Lipinski definition) is 2. The van der Waals surface area contributed by atoms with E-state index in [9.17, 15) is 0 Å². The molecule has 1 heterocycles. The molecular formula is C10H20N2. The van der Waals surface area contributed by atoms with Crippen molar-refractivity contribution < 1.29 is 11.0 Å². The van der Waals surface area contributed by atoms with E-state index in [2.05, 4.69) is 0 Å². The molecule has 0 aromatic rings. The van der Waals surface area contributed by atoms with E-state index < -0.39 is 38.1 Å². The molecule has 0 aromatic heterocycles. The van der Waals surface area contributed by atoms with Crippen LogP contribution < -0.4 is 0 Å². The third kappa shape index (κ3) is 1.80. The van der Waals surface area contributed by atoms with Crippen molar-refractivity contribution in [2.75, 3.05) is 26.0 Å². The second kappa shape index (κ2) is 3.35. The van der Waals surface area contributed by atoms with Gasteiger partial charge in [0.25, 0.3) is 0 Å². The standard InChI is InChI=1S/C10H20N2/c1-9(2)11-5-7-12(8-6-11)10-3-4-10/h9-10H,3-8H2,1-2H3/i5D2,6D2,7D2,8D2. The van der Waals surface area contributed by atoms with Gasteiger partial charge < -0.3 is 0 Å². The van der Waals surface area contributed by atoms with Crippen LogP contribution in [0.25, 0.3) is 0 Å². The Labute approximate surface area is 86.8 Å². The van der Waals surface area contributed by atoms with Gasteiger partial charge in [0.2, 0.25) is 0 Å². The highest BCUT2D eigenvalue weighted by molar-refractivity contribution is 4.87. The van der Waals surface area contributed by atoms with Crippen LogP contribution in [0.4, 0.5) is 0 Å². The van der Waals surface area contributed by atoms with E-state index in [0.717, 1.165) is 4.90 Å². The lowest BCUT2D eigenvalue weighted by Gasteiger charge is -2.37. The smallest absolute Gasteiger partial charge is 0.0444 e. The fraction of sp³-hybridized carbons (Fsp3) is 1.00. The van der Waals surface area contributed by atoms with Gasteiger partial charge in [-0.25, -0.2) is 0 Å². The summed E-state index contributed by atoms with van der Waals surface area (Å²) in [4.78, 5) is 1.44. The summed E-state index contributed by atoms with van der Waals surface area (Å²) < 4.78 is 64.6. The van der Waals surface area contributed by atoms with Gasteiger partial charge in [-0.3, -0.25) is 9.80 Å². The van der Waals surface area contributed by atoms with Gasteiger partial charge in [0, 0.05) is 49.0 Å². The van der Waals surface area contributed by atoms with Crippen molar-refractivity contribution in [3.63, 3.8) is 0 Å². The third-order valence-electron chi connectivity index (χ3n) is 2.01. The van der Waals surface area contributed by atoms with Crippen molar-refractivity contribution in [3.05, 3.63) is 0 Å². The molecule has 1 aliphatic heterocycles. The molecule has 0 radical (unpaired) electrons. The average molecular weight is 176 g/mol. The highest BCUT2D eigenvalue weighted by Gasteiger charge is 2.31. The monoisotopic (exact) mass is 176 g/mol. The van der Waals surface area contributed by atoms with Crippen molar-refractivity contribution in [2.24, 2.45) is 0 Å². The lowest BCUT2D eigenvalue weighted by molar-refractivity contribution is 0.103. The average Bonchev–Trinajstić information content (AvgIpc) is 2.96.